The van der Waals surface area contributed by atoms with Gasteiger partial charge in [-0.05, 0) is 128 Å². The minimum absolute atomic E-state index is 1.09. The van der Waals surface area contributed by atoms with Crippen LogP contribution in [-0.2, 0) is 0 Å². The molecule has 0 spiro atoms. The Balaban J connectivity index is 0.952. The molecular weight excluding hydrogens is 909 g/mol. The molecule has 0 aliphatic rings. The Morgan fingerprint density at radius 1 is 0.236 bits per heavy atom. The molecule has 14 aromatic rings. The summed E-state index contributed by atoms with van der Waals surface area (Å²) in [6.45, 7) is 0. The molecule has 0 N–H and O–H groups in total. The van der Waals surface area contributed by atoms with Crippen LogP contribution in [0.1, 0.15) is 0 Å². The van der Waals surface area contributed by atoms with Gasteiger partial charge in [0.1, 0.15) is 0 Å². The Morgan fingerprint density at radius 2 is 0.736 bits per heavy atom. The van der Waals surface area contributed by atoms with Crippen LogP contribution in [0.5, 0.6) is 0 Å². The quantitative estimate of drug-likeness (QED) is 0.142. The van der Waals surface area contributed by atoms with Crippen molar-refractivity contribution in [1.82, 2.24) is 0 Å². The van der Waals surface area contributed by atoms with Crippen LogP contribution >= 0.6 is 22.7 Å². The summed E-state index contributed by atoms with van der Waals surface area (Å²) in [7, 11) is 0. The van der Waals surface area contributed by atoms with Crippen LogP contribution in [0.25, 0.3) is 95.3 Å². The number of hydrogen-bond acceptors (Lipinski definition) is 4. The predicted octanol–water partition coefficient (Wildman–Crippen LogP) is 20.7. The Kier molecular flexibility index (Phi) is 10.3. The first-order valence-corrected chi connectivity index (χ1v) is 26.1. The lowest BCUT2D eigenvalue weighted by atomic mass is 9.99. The fourth-order valence-corrected chi connectivity index (χ4v) is 13.2. The highest BCUT2D eigenvalue weighted by molar-refractivity contribution is 7.27. The van der Waals surface area contributed by atoms with Gasteiger partial charge in [-0.1, -0.05) is 188 Å². The minimum atomic E-state index is 1.09. The second kappa shape index (κ2) is 17.6. The maximum Gasteiger partial charge on any atom is 0.0640 e. The average molecular weight is 953 g/mol. The fraction of sp³-hybridized carbons (Fsp3) is 0. The number of benzene rings is 12. The van der Waals surface area contributed by atoms with Crippen LogP contribution in [-0.4, -0.2) is 0 Å². The Bertz CT molecular complexity index is 4340. The van der Waals surface area contributed by atoms with E-state index in [1.54, 1.807) is 0 Å². The topological polar surface area (TPSA) is 6.48 Å². The Hall–Kier alpha value is -8.80. The molecule has 12 aromatic carbocycles. The van der Waals surface area contributed by atoms with Gasteiger partial charge in [0, 0.05) is 53.6 Å². The zero-order valence-corrected chi connectivity index (χ0v) is 40.7. The number of hydrogen-bond donors (Lipinski definition) is 0. The Labute approximate surface area is 426 Å². The smallest absolute Gasteiger partial charge is 0.0640 e. The number of fused-ring (bicyclic) bond motifs is 8. The molecule has 0 aliphatic carbocycles. The van der Waals surface area contributed by atoms with Crippen molar-refractivity contribution < 1.29 is 0 Å². The lowest BCUT2D eigenvalue weighted by Crippen LogP contribution is -2.12. The molecule has 0 saturated heterocycles. The molecule has 2 nitrogen and oxygen atoms in total. The van der Waals surface area contributed by atoms with Gasteiger partial charge in [-0.15, -0.1) is 22.7 Å². The molecule has 338 valence electrons. The first kappa shape index (κ1) is 42.1. The van der Waals surface area contributed by atoms with Gasteiger partial charge in [0.15, 0.2) is 0 Å². The molecule has 0 bridgehead atoms. The van der Waals surface area contributed by atoms with Gasteiger partial charge < -0.3 is 9.80 Å². The van der Waals surface area contributed by atoms with E-state index in [0.29, 0.717) is 0 Å². The van der Waals surface area contributed by atoms with Gasteiger partial charge in [-0.3, -0.25) is 0 Å². The van der Waals surface area contributed by atoms with Crippen LogP contribution in [0, 0.1) is 0 Å². The molecule has 14 rings (SSSR count). The normalized spacial score (nSPS) is 11.6. The number of para-hydroxylation sites is 1. The van der Waals surface area contributed by atoms with Gasteiger partial charge in [-0.2, -0.15) is 0 Å². The maximum absolute atomic E-state index is 2.48. The minimum Gasteiger partial charge on any atom is -0.309 e. The lowest BCUT2D eigenvalue weighted by Gasteiger charge is -2.29. The van der Waals surface area contributed by atoms with Crippen LogP contribution in [0.2, 0.25) is 0 Å². The summed E-state index contributed by atoms with van der Waals surface area (Å²) in [4.78, 5) is 4.95. The van der Waals surface area contributed by atoms with E-state index in [2.05, 4.69) is 277 Å². The molecule has 0 radical (unpaired) electrons. The molecule has 0 unspecified atom stereocenters. The predicted molar refractivity (Wildman–Crippen MR) is 313 cm³/mol. The molecule has 0 fully saturated rings. The summed E-state index contributed by atoms with van der Waals surface area (Å²) in [6, 6.07) is 98.1. The van der Waals surface area contributed by atoms with Crippen LogP contribution in [0.3, 0.4) is 0 Å². The summed E-state index contributed by atoms with van der Waals surface area (Å²) < 4.78 is 5.09. The first-order chi connectivity index (χ1) is 35.7. The summed E-state index contributed by atoms with van der Waals surface area (Å²) in [6.07, 6.45) is 0. The molecule has 2 aromatic heterocycles. The SMILES string of the molecule is c1ccc(-c2ccc(N(c3ccccc3-c3cccc(N(c4ccc5cc(-c6ccccc6)ccc5c4)c4cccc5c4sc4ccccc45)c3)c3cccc4c3sc3cc5ccccc5cc34)cc2)cc1. The van der Waals surface area contributed by atoms with Crippen LogP contribution in [0.15, 0.2) is 267 Å². The molecule has 0 saturated carbocycles. The van der Waals surface area contributed by atoms with E-state index in [0.717, 1.165) is 45.3 Å². The number of thiophene rings is 2. The third-order valence-electron chi connectivity index (χ3n) is 14.2. The van der Waals surface area contributed by atoms with E-state index in [4.69, 9.17) is 0 Å². The second-order valence-corrected chi connectivity index (χ2v) is 20.6. The van der Waals surface area contributed by atoms with E-state index >= 15 is 0 Å². The summed E-state index contributed by atoms with van der Waals surface area (Å²) in [5.74, 6) is 0. The van der Waals surface area contributed by atoms with Crippen molar-refractivity contribution in [2.24, 2.45) is 0 Å². The maximum atomic E-state index is 2.48. The number of anilines is 6. The third kappa shape index (κ3) is 7.31. The molecule has 0 atom stereocenters. The highest BCUT2D eigenvalue weighted by Gasteiger charge is 2.24. The standard InChI is InChI=1S/C68H44N2S2/c1-3-16-45(17-4-1)47-34-37-54(38-35-47)70(64-30-15-27-60-61-43-48-20-7-8-21-49(48)44-66(61)72-68(60)64)62-28-11-9-24-57(62)53-22-13-23-55(42-53)69(63-29-14-26-59-58-25-10-12-31-65(58)71-67(59)63)56-39-36-51-40-50(32-33-52(51)41-56)46-18-5-2-6-19-46/h1-44H. The Morgan fingerprint density at radius 3 is 1.53 bits per heavy atom. The van der Waals surface area contributed by atoms with Crippen molar-refractivity contribution in [2.45, 2.75) is 0 Å². The highest BCUT2D eigenvalue weighted by Crippen LogP contribution is 2.50. The van der Waals surface area contributed by atoms with E-state index in [9.17, 15) is 0 Å². The van der Waals surface area contributed by atoms with E-state index < -0.39 is 0 Å². The van der Waals surface area contributed by atoms with E-state index in [-0.39, 0.29) is 0 Å². The van der Waals surface area contributed by atoms with Crippen LogP contribution < -0.4 is 9.80 Å². The van der Waals surface area contributed by atoms with Gasteiger partial charge in [-0.25, -0.2) is 0 Å². The molecule has 4 heteroatoms. The average Bonchev–Trinajstić information content (AvgIpc) is 4.02. The van der Waals surface area contributed by atoms with Crippen molar-refractivity contribution >= 4 is 119 Å². The highest BCUT2D eigenvalue weighted by atomic mass is 32.1. The molecule has 2 heterocycles. The van der Waals surface area contributed by atoms with Crippen molar-refractivity contribution in [1.29, 1.82) is 0 Å². The number of nitrogens with zero attached hydrogens (tertiary/aromatic N) is 2. The molecule has 0 aliphatic heterocycles. The fourth-order valence-electron chi connectivity index (χ4n) is 10.7. The van der Waals surface area contributed by atoms with Crippen molar-refractivity contribution in [3.63, 3.8) is 0 Å². The molecule has 72 heavy (non-hydrogen) atoms. The van der Waals surface area contributed by atoms with E-state index in [1.165, 1.54) is 84.1 Å². The zero-order valence-electron chi connectivity index (χ0n) is 39.1. The summed E-state index contributed by atoms with van der Waals surface area (Å²) in [5.41, 5.74) is 13.8. The third-order valence-corrected chi connectivity index (χ3v) is 16.6. The second-order valence-electron chi connectivity index (χ2n) is 18.5. The van der Waals surface area contributed by atoms with Crippen molar-refractivity contribution in [2.75, 3.05) is 9.80 Å². The first-order valence-electron chi connectivity index (χ1n) is 24.5. The van der Waals surface area contributed by atoms with Gasteiger partial charge in [0.05, 0.1) is 26.5 Å². The summed E-state index contributed by atoms with van der Waals surface area (Å²) >= 11 is 3.75. The van der Waals surface area contributed by atoms with Crippen molar-refractivity contribution in [3.8, 4) is 33.4 Å². The molecular formula is C68H44N2S2. The molecule has 0 amide bonds. The van der Waals surface area contributed by atoms with Gasteiger partial charge in [0.2, 0.25) is 0 Å². The largest absolute Gasteiger partial charge is 0.309 e. The summed E-state index contributed by atoms with van der Waals surface area (Å²) in [5, 5.41) is 10.0. The lowest BCUT2D eigenvalue weighted by molar-refractivity contribution is 1.29. The number of rotatable bonds is 9. The monoisotopic (exact) mass is 952 g/mol. The van der Waals surface area contributed by atoms with Crippen molar-refractivity contribution in [3.05, 3.63) is 267 Å². The van der Waals surface area contributed by atoms with Gasteiger partial charge in [0.25, 0.3) is 0 Å². The van der Waals surface area contributed by atoms with E-state index in [1.807, 2.05) is 22.7 Å². The van der Waals surface area contributed by atoms with Gasteiger partial charge >= 0.3 is 0 Å². The van der Waals surface area contributed by atoms with Crippen LogP contribution in [0.4, 0.5) is 34.1 Å². The zero-order chi connectivity index (χ0) is 47.5.